The summed E-state index contributed by atoms with van der Waals surface area (Å²) >= 11 is 0. The van der Waals surface area contributed by atoms with Crippen molar-refractivity contribution in [2.75, 3.05) is 0 Å². The van der Waals surface area contributed by atoms with Gasteiger partial charge in [0.05, 0.1) is 5.69 Å². The number of hydrogen-bond acceptors (Lipinski definition) is 4. The Balaban J connectivity index is 0.000000275. The average molecular weight is 800 g/mol. The smallest absolute Gasteiger partial charge is 0.485 e. The van der Waals surface area contributed by atoms with Crippen LogP contribution in [0.3, 0.4) is 0 Å². The van der Waals surface area contributed by atoms with Crippen molar-refractivity contribution in [2.24, 2.45) is 0 Å². The Morgan fingerprint density at radius 2 is 1.00 bits per heavy atom. The quantitative estimate of drug-likeness (QED) is 0.0586. The van der Waals surface area contributed by atoms with Gasteiger partial charge in [0.15, 0.2) is 10.1 Å². The van der Waals surface area contributed by atoms with E-state index in [9.17, 15) is 13.2 Å². The minimum Gasteiger partial charge on any atom is -0.741 e. The van der Waals surface area contributed by atoms with Crippen LogP contribution in [0.4, 0.5) is 13.2 Å². The van der Waals surface area contributed by atoms with Gasteiger partial charge < -0.3 is 4.55 Å². The van der Waals surface area contributed by atoms with Crippen LogP contribution >= 0.6 is 7.92 Å². The number of nitrogens with zero attached hydrogens (tertiary/aromatic N) is 1. The first-order valence-electron chi connectivity index (χ1n) is 15.7. The monoisotopic (exact) mass is 799 g/mol. The molecule has 0 amide bonds. The van der Waals surface area contributed by atoms with Crippen LogP contribution in [-0.2, 0) is 29.6 Å². The Hall–Kier alpha value is -4.00. The average Bonchev–Trinajstić information content (AvgIpc) is 3.08. The molecule has 5 aromatic carbocycles. The molecule has 0 aliphatic heterocycles. The summed E-state index contributed by atoms with van der Waals surface area (Å²) in [5.41, 5.74) is -3.35. The van der Waals surface area contributed by atoms with Gasteiger partial charge in [0.25, 0.3) is 0 Å². The van der Waals surface area contributed by atoms with Crippen LogP contribution in [0.2, 0.25) is 0 Å². The number of allylic oxidation sites excluding steroid dienone is 4. The normalized spacial score (nSPS) is 14.2. The molecule has 0 spiro atoms. The van der Waals surface area contributed by atoms with Crippen molar-refractivity contribution in [3.05, 3.63) is 158 Å². The molecular formula is C40H34F3NO3PRhS-. The Morgan fingerprint density at radius 1 is 0.580 bits per heavy atom. The van der Waals surface area contributed by atoms with Crippen LogP contribution in [0.5, 0.6) is 0 Å². The summed E-state index contributed by atoms with van der Waals surface area (Å²) in [4.78, 5) is 4.97. The van der Waals surface area contributed by atoms with E-state index in [0.29, 0.717) is 0 Å². The summed E-state index contributed by atoms with van der Waals surface area (Å²) in [5, 5.41) is 8.91. The fourth-order valence-corrected chi connectivity index (χ4v) is 7.92. The van der Waals surface area contributed by atoms with Crippen molar-refractivity contribution in [3.63, 3.8) is 0 Å². The van der Waals surface area contributed by atoms with E-state index < -0.39 is 23.5 Å². The molecule has 0 saturated heterocycles. The molecular weight excluding hydrogens is 765 g/mol. The summed E-state index contributed by atoms with van der Waals surface area (Å²) in [6.07, 6.45) is 15.9. The summed E-state index contributed by atoms with van der Waals surface area (Å²) < 4.78 is 58.9. The third-order valence-corrected chi connectivity index (χ3v) is 10.8. The molecule has 0 bridgehead atoms. The van der Waals surface area contributed by atoms with Gasteiger partial charge in [0.2, 0.25) is 0 Å². The van der Waals surface area contributed by atoms with E-state index in [1.165, 1.54) is 68.7 Å². The van der Waals surface area contributed by atoms with Gasteiger partial charge in [0, 0.05) is 36.6 Å². The maximum absolute atomic E-state index is 10.7. The summed E-state index contributed by atoms with van der Waals surface area (Å²) in [6.45, 7) is 0. The number of aromatic nitrogens is 1. The summed E-state index contributed by atoms with van der Waals surface area (Å²) in [7, 11) is -6.85. The molecule has 4 nitrogen and oxygen atoms in total. The first-order valence-corrected chi connectivity index (χ1v) is 18.5. The van der Waals surface area contributed by atoms with Crippen molar-refractivity contribution >= 4 is 55.5 Å². The Morgan fingerprint density at radius 3 is 1.48 bits per heavy atom. The van der Waals surface area contributed by atoms with E-state index in [1.807, 2.05) is 6.20 Å². The van der Waals surface area contributed by atoms with Crippen LogP contribution in [0.25, 0.3) is 32.8 Å². The van der Waals surface area contributed by atoms with Crippen molar-refractivity contribution in [3.8, 4) is 11.3 Å². The van der Waals surface area contributed by atoms with Gasteiger partial charge in [-0.05, 0) is 71.7 Å². The second-order valence-electron chi connectivity index (χ2n) is 11.1. The third kappa shape index (κ3) is 10.0. The molecule has 1 aliphatic rings. The molecule has 7 rings (SSSR count). The first kappa shape index (κ1) is 38.8. The van der Waals surface area contributed by atoms with Crippen LogP contribution in [-0.4, -0.2) is 23.5 Å². The van der Waals surface area contributed by atoms with Crippen LogP contribution in [0.15, 0.2) is 158 Å². The van der Waals surface area contributed by atoms with E-state index in [1.54, 1.807) is 0 Å². The molecule has 0 fully saturated rings. The number of benzene rings is 5. The molecule has 10 heteroatoms. The Kier molecular flexibility index (Phi) is 14.2. The second-order valence-corrected chi connectivity index (χ2v) is 14.6. The SMILES string of the molecule is C1=C\CC/C=C\CC/1.O=S(=O)([O-])C(F)(F)F.[Rh].c1ccc(P(c2ccccc2)c2ccc3ccccc3c2-c2nccc3ccccc23)cc1. The molecule has 259 valence electrons. The zero-order valence-electron chi connectivity index (χ0n) is 26.8. The van der Waals surface area contributed by atoms with Crippen molar-refractivity contribution in [1.29, 1.82) is 0 Å². The first-order chi connectivity index (χ1) is 23.6. The van der Waals surface area contributed by atoms with E-state index in [4.69, 9.17) is 18.0 Å². The standard InChI is InChI=1S/C31H22NP.C8H12.CHF3O3S.Rh/c1-3-13-25(14-4-1)33(26-15-5-2-6-16-26)29-20-19-23-11-7-9-17-27(23)30(29)31-28-18-10-8-12-24(28)21-22-32-31;1-2-4-6-8-7-5-3-1;2-1(3,4)8(5,6)7;/h1-22H;1-2,7-8H,3-6H2;(H,5,6,7);/p-1/b;2-1-,8-7-;;. The zero-order valence-corrected chi connectivity index (χ0v) is 30.2. The molecule has 0 N–H and O–H groups in total. The van der Waals surface area contributed by atoms with E-state index >= 15 is 0 Å². The van der Waals surface area contributed by atoms with E-state index in [2.05, 4.69) is 152 Å². The van der Waals surface area contributed by atoms with Crippen LogP contribution in [0.1, 0.15) is 25.7 Å². The summed E-state index contributed by atoms with van der Waals surface area (Å²) in [5.74, 6) is 0. The number of hydrogen-bond donors (Lipinski definition) is 0. The molecule has 6 aromatic rings. The van der Waals surface area contributed by atoms with Crippen molar-refractivity contribution in [2.45, 2.75) is 31.2 Å². The van der Waals surface area contributed by atoms with Crippen molar-refractivity contribution < 1.29 is 45.6 Å². The number of alkyl halides is 3. The molecule has 1 aliphatic carbocycles. The number of pyridine rings is 1. The Bertz CT molecular complexity index is 2090. The van der Waals surface area contributed by atoms with Gasteiger partial charge in [0.1, 0.15) is 0 Å². The molecule has 1 radical (unpaired) electrons. The van der Waals surface area contributed by atoms with E-state index in [-0.39, 0.29) is 19.5 Å². The summed E-state index contributed by atoms with van der Waals surface area (Å²) in [6, 6.07) is 45.7. The predicted octanol–water partition coefficient (Wildman–Crippen LogP) is 9.53. The minimum absolute atomic E-state index is 0. The Labute approximate surface area is 305 Å². The minimum atomic E-state index is -6.09. The fourth-order valence-electron chi connectivity index (χ4n) is 5.45. The van der Waals surface area contributed by atoms with Gasteiger partial charge in [-0.1, -0.05) is 146 Å². The largest absolute Gasteiger partial charge is 0.741 e. The van der Waals surface area contributed by atoms with Crippen molar-refractivity contribution in [1.82, 2.24) is 4.98 Å². The number of fused-ring (bicyclic) bond motifs is 2. The maximum atomic E-state index is 10.7. The molecule has 1 aromatic heterocycles. The van der Waals surface area contributed by atoms with Gasteiger partial charge in [-0.2, -0.15) is 13.2 Å². The van der Waals surface area contributed by atoms with Crippen LogP contribution in [0, 0.1) is 0 Å². The fraction of sp³-hybridized carbons (Fsp3) is 0.125. The number of halogens is 3. The van der Waals surface area contributed by atoms with Gasteiger partial charge in [-0.3, -0.25) is 4.98 Å². The third-order valence-electron chi connectivity index (χ3n) is 7.70. The van der Waals surface area contributed by atoms with E-state index in [0.717, 1.165) is 5.69 Å². The number of rotatable bonds is 4. The topological polar surface area (TPSA) is 70.1 Å². The maximum Gasteiger partial charge on any atom is 0.485 e. The predicted molar refractivity (Wildman–Crippen MR) is 196 cm³/mol. The zero-order chi connectivity index (χ0) is 34.7. The van der Waals surface area contributed by atoms with Crippen LogP contribution < -0.4 is 15.9 Å². The molecule has 1 heterocycles. The van der Waals surface area contributed by atoms with Gasteiger partial charge in [-0.15, -0.1) is 0 Å². The van der Waals surface area contributed by atoms with Gasteiger partial charge in [-0.25, -0.2) is 8.42 Å². The molecule has 0 unspecified atom stereocenters. The molecule has 0 atom stereocenters. The molecule has 50 heavy (non-hydrogen) atoms. The molecule has 0 saturated carbocycles. The van der Waals surface area contributed by atoms with Gasteiger partial charge >= 0.3 is 5.51 Å². The second kappa shape index (κ2) is 18.3.